The molecule has 0 saturated carbocycles. The number of carbonyl (C=O) groups excluding carboxylic acids is 1. The number of nitrogens with one attached hydrogen (secondary N) is 1. The monoisotopic (exact) mass is 549 g/mol. The Morgan fingerprint density at radius 2 is 1.95 bits per heavy atom. The van der Waals surface area contributed by atoms with Gasteiger partial charge in [0.05, 0.1) is 35.4 Å². The predicted octanol–water partition coefficient (Wildman–Crippen LogP) is 6.41. The minimum atomic E-state index is -0.550. The van der Waals surface area contributed by atoms with Gasteiger partial charge in [-0.1, -0.05) is 35.3 Å². The van der Waals surface area contributed by atoms with E-state index in [1.54, 1.807) is 13.2 Å². The number of methoxy groups -OCH3 is 1. The van der Waals surface area contributed by atoms with Crippen molar-refractivity contribution in [2.45, 2.75) is 71.8 Å². The van der Waals surface area contributed by atoms with Crippen LogP contribution < -0.4 is 10.2 Å². The zero-order valence-electron chi connectivity index (χ0n) is 22.5. The number of benzene rings is 1. The molecule has 2 atom stereocenters. The quantitative estimate of drug-likeness (QED) is 0.464. The highest BCUT2D eigenvalue weighted by molar-refractivity contribution is 6.43. The average molecular weight is 551 g/mol. The van der Waals surface area contributed by atoms with Gasteiger partial charge in [0.15, 0.2) is 0 Å². The molecule has 37 heavy (non-hydrogen) atoms. The van der Waals surface area contributed by atoms with Crippen molar-refractivity contribution >= 4 is 35.1 Å². The summed E-state index contributed by atoms with van der Waals surface area (Å²) in [5.74, 6) is 0.916. The number of halogens is 2. The van der Waals surface area contributed by atoms with Gasteiger partial charge in [-0.3, -0.25) is 0 Å². The Balaban J connectivity index is 1.56. The molecule has 9 heteroatoms. The highest BCUT2D eigenvalue weighted by Gasteiger charge is 2.50. The summed E-state index contributed by atoms with van der Waals surface area (Å²) in [4.78, 5) is 19.9. The second-order valence-electron chi connectivity index (χ2n) is 11.1. The van der Waals surface area contributed by atoms with Crippen molar-refractivity contribution in [2.24, 2.45) is 5.41 Å². The number of piperidine rings is 1. The lowest BCUT2D eigenvalue weighted by atomic mass is 9.73. The fraction of sp³-hybridized carbons (Fsp3) is 0.571. The lowest BCUT2D eigenvalue weighted by Gasteiger charge is -2.43. The second kappa shape index (κ2) is 11.0. The van der Waals surface area contributed by atoms with Gasteiger partial charge in [0.25, 0.3) is 0 Å². The van der Waals surface area contributed by atoms with Gasteiger partial charge in [-0.2, -0.15) is 0 Å². The lowest BCUT2D eigenvalue weighted by molar-refractivity contribution is 0.0434. The van der Waals surface area contributed by atoms with Gasteiger partial charge in [-0.25, -0.2) is 9.78 Å². The molecular formula is C28H37Cl2N3O4. The van der Waals surface area contributed by atoms with Crippen LogP contribution in [0.3, 0.4) is 0 Å². The van der Waals surface area contributed by atoms with Crippen LogP contribution in [0.1, 0.15) is 51.8 Å². The third-order valence-corrected chi connectivity index (χ3v) is 8.12. The maximum Gasteiger partial charge on any atom is 0.407 e. The average Bonchev–Trinajstić information content (AvgIpc) is 3.11. The fourth-order valence-corrected chi connectivity index (χ4v) is 5.86. The number of rotatable bonds is 5. The van der Waals surface area contributed by atoms with Crippen LogP contribution in [0.5, 0.6) is 0 Å². The topological polar surface area (TPSA) is 72.9 Å². The minimum Gasteiger partial charge on any atom is -0.444 e. The number of aryl methyl sites for hydroxylation is 1. The van der Waals surface area contributed by atoms with Crippen molar-refractivity contribution in [3.05, 3.63) is 45.6 Å². The van der Waals surface area contributed by atoms with Crippen LogP contribution >= 0.6 is 23.2 Å². The summed E-state index contributed by atoms with van der Waals surface area (Å²) in [5.41, 5.74) is 2.98. The summed E-state index contributed by atoms with van der Waals surface area (Å²) in [6, 6.07) is 7.63. The van der Waals surface area contributed by atoms with Gasteiger partial charge in [0.1, 0.15) is 11.4 Å². The minimum absolute atomic E-state index is 0.0785. The molecule has 2 aliphatic heterocycles. The van der Waals surface area contributed by atoms with Gasteiger partial charge in [0, 0.05) is 48.0 Å². The number of hydrogen-bond donors (Lipinski definition) is 1. The van der Waals surface area contributed by atoms with E-state index in [0.29, 0.717) is 23.3 Å². The fourth-order valence-electron chi connectivity index (χ4n) is 5.46. The van der Waals surface area contributed by atoms with Crippen molar-refractivity contribution in [3.8, 4) is 11.1 Å². The first kappa shape index (κ1) is 28.0. The van der Waals surface area contributed by atoms with E-state index in [2.05, 4.69) is 16.3 Å². The molecule has 0 unspecified atom stereocenters. The summed E-state index contributed by atoms with van der Waals surface area (Å²) in [5, 5.41) is 4.14. The summed E-state index contributed by atoms with van der Waals surface area (Å²) < 4.78 is 17.1. The van der Waals surface area contributed by atoms with Gasteiger partial charge in [-0.15, -0.1) is 0 Å². The Hall–Kier alpha value is -2.06. The standard InChI is InChI=1S/C28H37Cl2N3O4/c1-17-21(20-8-7-9-22(29)23(20)30)14-19(15-35-6)25(31-17)33-12-10-28(11-13-33)16-36-18(2)24(28)32-26(34)37-27(3,4)5/h7-9,14,18,24H,10-13,15-16H2,1-6H3,(H,32,34)/t18-,24+/m0/s1. The van der Waals surface area contributed by atoms with Crippen LogP contribution in [0.4, 0.5) is 10.6 Å². The van der Waals surface area contributed by atoms with Crippen molar-refractivity contribution in [1.82, 2.24) is 10.3 Å². The van der Waals surface area contributed by atoms with Gasteiger partial charge < -0.3 is 24.4 Å². The molecule has 2 saturated heterocycles. The molecular weight excluding hydrogens is 513 g/mol. The Morgan fingerprint density at radius 3 is 2.59 bits per heavy atom. The number of carbonyl (C=O) groups is 1. The van der Waals surface area contributed by atoms with E-state index in [-0.39, 0.29) is 17.6 Å². The van der Waals surface area contributed by atoms with Crippen LogP contribution in [0, 0.1) is 12.3 Å². The molecule has 4 rings (SSSR count). The zero-order chi connectivity index (χ0) is 27.0. The lowest BCUT2D eigenvalue weighted by Crippen LogP contribution is -2.55. The van der Waals surface area contributed by atoms with Crippen molar-refractivity contribution < 1.29 is 19.0 Å². The molecule has 1 amide bonds. The Morgan fingerprint density at radius 1 is 1.24 bits per heavy atom. The largest absolute Gasteiger partial charge is 0.444 e. The van der Waals surface area contributed by atoms with E-state index >= 15 is 0 Å². The van der Waals surface area contributed by atoms with Gasteiger partial charge in [-0.05, 0) is 59.6 Å². The summed E-state index contributed by atoms with van der Waals surface area (Å²) in [6.45, 7) is 12.3. The van der Waals surface area contributed by atoms with E-state index in [1.807, 2.05) is 46.8 Å². The molecule has 2 aromatic rings. The van der Waals surface area contributed by atoms with Crippen molar-refractivity contribution in [1.29, 1.82) is 0 Å². The van der Waals surface area contributed by atoms with Gasteiger partial charge in [0.2, 0.25) is 0 Å². The number of aromatic nitrogens is 1. The molecule has 1 N–H and O–H groups in total. The number of amides is 1. The normalized spacial score (nSPS) is 21.4. The van der Waals surface area contributed by atoms with E-state index < -0.39 is 11.7 Å². The molecule has 3 heterocycles. The predicted molar refractivity (Wildman–Crippen MR) is 148 cm³/mol. The zero-order valence-corrected chi connectivity index (χ0v) is 24.0. The molecule has 1 aromatic heterocycles. The van der Waals surface area contributed by atoms with E-state index in [9.17, 15) is 4.79 Å². The Labute approximate surface area is 229 Å². The summed E-state index contributed by atoms with van der Waals surface area (Å²) in [7, 11) is 1.69. The number of anilines is 1. The van der Waals surface area contributed by atoms with Crippen molar-refractivity contribution in [2.75, 3.05) is 31.7 Å². The molecule has 7 nitrogen and oxygen atoms in total. The molecule has 2 aliphatic rings. The molecule has 0 radical (unpaired) electrons. The molecule has 1 spiro atoms. The van der Waals surface area contributed by atoms with Crippen LogP contribution in [-0.4, -0.2) is 55.6 Å². The molecule has 2 fully saturated rings. The molecule has 1 aromatic carbocycles. The number of hydrogen-bond acceptors (Lipinski definition) is 6. The summed E-state index contributed by atoms with van der Waals surface area (Å²) >= 11 is 12.8. The molecule has 0 aliphatic carbocycles. The number of ether oxygens (including phenoxy) is 3. The van der Waals surface area contributed by atoms with Crippen molar-refractivity contribution in [3.63, 3.8) is 0 Å². The Kier molecular flexibility index (Phi) is 8.29. The smallest absolute Gasteiger partial charge is 0.407 e. The van der Waals surface area contributed by atoms with E-state index in [1.165, 1.54) is 0 Å². The first-order valence-corrected chi connectivity index (χ1v) is 13.5. The highest BCUT2D eigenvalue weighted by Crippen LogP contribution is 2.44. The second-order valence-corrected chi connectivity index (χ2v) is 11.9. The van der Waals surface area contributed by atoms with Crippen LogP contribution in [0.2, 0.25) is 10.0 Å². The molecule has 202 valence electrons. The third-order valence-electron chi connectivity index (χ3n) is 7.30. The van der Waals surface area contributed by atoms with Crippen LogP contribution in [-0.2, 0) is 20.8 Å². The number of pyridine rings is 1. The maximum atomic E-state index is 12.6. The number of alkyl carbamates (subject to hydrolysis) is 1. The maximum absolute atomic E-state index is 12.6. The first-order valence-electron chi connectivity index (χ1n) is 12.7. The van der Waals surface area contributed by atoms with E-state index in [0.717, 1.165) is 54.1 Å². The highest BCUT2D eigenvalue weighted by atomic mass is 35.5. The van der Waals surface area contributed by atoms with Crippen LogP contribution in [0.15, 0.2) is 24.3 Å². The third kappa shape index (κ3) is 6.00. The Bertz CT molecular complexity index is 1140. The molecule has 0 bridgehead atoms. The van der Waals surface area contributed by atoms with Crippen LogP contribution in [0.25, 0.3) is 11.1 Å². The SMILES string of the molecule is COCc1cc(-c2cccc(Cl)c2Cl)c(C)nc1N1CCC2(CC1)CO[C@@H](C)[C@H]2NC(=O)OC(C)(C)C. The number of nitrogens with zero attached hydrogens (tertiary/aromatic N) is 2. The first-order chi connectivity index (χ1) is 17.4. The van der Waals surface area contributed by atoms with Gasteiger partial charge >= 0.3 is 6.09 Å². The van der Waals surface area contributed by atoms with E-state index in [4.69, 9.17) is 42.4 Å². The summed E-state index contributed by atoms with van der Waals surface area (Å²) in [6.07, 6.45) is 1.26.